The Morgan fingerprint density at radius 3 is 2.86 bits per heavy atom. The Balaban J connectivity index is 2.32. The number of carbonyl (C=O) groups excluding carboxylic acids is 1. The predicted octanol–water partition coefficient (Wildman–Crippen LogP) is 1.09. The third-order valence-corrected chi connectivity index (χ3v) is 3.82. The smallest absolute Gasteiger partial charge is 0.342 e. The highest BCUT2D eigenvalue weighted by atomic mass is 32.2. The molecule has 8 nitrogen and oxygen atoms in total. The molecule has 2 aromatic heterocycles. The Bertz CT molecular complexity index is 754. The zero-order valence-corrected chi connectivity index (χ0v) is 12.3. The fourth-order valence-electron chi connectivity index (χ4n) is 1.62. The van der Waals surface area contributed by atoms with Crippen LogP contribution in [0.2, 0.25) is 0 Å². The first kappa shape index (κ1) is 15.0. The van der Waals surface area contributed by atoms with Gasteiger partial charge >= 0.3 is 5.97 Å². The van der Waals surface area contributed by atoms with Crippen LogP contribution in [0, 0.1) is 6.92 Å². The Hall–Kier alpha value is -2.42. The van der Waals surface area contributed by atoms with E-state index in [9.17, 15) is 13.2 Å². The molecule has 2 heterocycles. The van der Waals surface area contributed by atoms with Gasteiger partial charge in [-0.25, -0.2) is 9.78 Å². The molecule has 0 spiro atoms. The Morgan fingerprint density at radius 2 is 2.19 bits per heavy atom. The van der Waals surface area contributed by atoms with Crippen LogP contribution >= 0.6 is 0 Å². The van der Waals surface area contributed by atoms with Crippen LogP contribution in [-0.2, 0) is 14.8 Å². The fraction of sp³-hybridized carbons (Fsp3) is 0.250. The van der Waals surface area contributed by atoms with Crippen LogP contribution in [0.3, 0.4) is 0 Å². The van der Waals surface area contributed by atoms with E-state index in [1.807, 2.05) is 0 Å². The molecule has 0 radical (unpaired) electrons. The third-order valence-electron chi connectivity index (χ3n) is 2.50. The van der Waals surface area contributed by atoms with Gasteiger partial charge < -0.3 is 4.74 Å². The second kappa shape index (κ2) is 5.92. The number of H-pyrrole nitrogens is 1. The molecule has 2 N–H and O–H groups in total. The van der Waals surface area contributed by atoms with E-state index in [0.29, 0.717) is 5.69 Å². The number of aromatic nitrogens is 3. The van der Waals surface area contributed by atoms with Gasteiger partial charge in [-0.2, -0.15) is 13.5 Å². The highest BCUT2D eigenvalue weighted by Crippen LogP contribution is 2.17. The summed E-state index contributed by atoms with van der Waals surface area (Å²) in [6, 6.07) is 4.91. The van der Waals surface area contributed by atoms with Crippen LogP contribution in [0.5, 0.6) is 0 Å². The summed E-state index contributed by atoms with van der Waals surface area (Å²) >= 11 is 0. The van der Waals surface area contributed by atoms with Gasteiger partial charge in [-0.1, -0.05) is 6.07 Å². The topological polar surface area (TPSA) is 114 Å². The van der Waals surface area contributed by atoms with E-state index >= 15 is 0 Å². The van der Waals surface area contributed by atoms with E-state index in [2.05, 4.69) is 19.9 Å². The maximum Gasteiger partial charge on any atom is 0.342 e. The van der Waals surface area contributed by atoms with E-state index in [1.54, 1.807) is 26.0 Å². The van der Waals surface area contributed by atoms with Gasteiger partial charge in [0, 0.05) is 5.69 Å². The average molecular weight is 310 g/mol. The molecule has 0 saturated heterocycles. The molecule has 2 rings (SSSR count). The van der Waals surface area contributed by atoms with Crippen molar-refractivity contribution in [3.8, 4) is 0 Å². The number of pyridine rings is 1. The van der Waals surface area contributed by atoms with Crippen LogP contribution in [0.25, 0.3) is 0 Å². The number of carbonyl (C=O) groups is 1. The minimum absolute atomic E-state index is 0.135. The molecule has 0 aliphatic heterocycles. The predicted molar refractivity (Wildman–Crippen MR) is 74.3 cm³/mol. The van der Waals surface area contributed by atoms with Crippen molar-refractivity contribution in [3.63, 3.8) is 0 Å². The number of aryl methyl sites for hydroxylation is 1. The Kier molecular flexibility index (Phi) is 4.22. The SMILES string of the molecule is CCOC(=O)c1cn[nH]c1S(=O)(=O)Nc1cccc(C)n1. The van der Waals surface area contributed by atoms with Crippen LogP contribution < -0.4 is 4.72 Å². The molecule has 9 heteroatoms. The highest BCUT2D eigenvalue weighted by molar-refractivity contribution is 7.92. The van der Waals surface area contributed by atoms with Gasteiger partial charge in [-0.15, -0.1) is 0 Å². The summed E-state index contributed by atoms with van der Waals surface area (Å²) in [6.45, 7) is 3.50. The quantitative estimate of drug-likeness (QED) is 0.799. The first-order valence-corrected chi connectivity index (χ1v) is 7.59. The third kappa shape index (κ3) is 3.37. The summed E-state index contributed by atoms with van der Waals surface area (Å²) in [5.74, 6) is -0.608. The lowest BCUT2D eigenvalue weighted by molar-refractivity contribution is 0.0522. The molecule has 0 amide bonds. The normalized spacial score (nSPS) is 11.1. The van der Waals surface area contributed by atoms with Crippen LogP contribution in [0.1, 0.15) is 23.0 Å². The Morgan fingerprint density at radius 1 is 1.43 bits per heavy atom. The van der Waals surface area contributed by atoms with E-state index in [-0.39, 0.29) is 23.0 Å². The zero-order valence-electron chi connectivity index (χ0n) is 11.5. The van der Waals surface area contributed by atoms with Crippen LogP contribution in [-0.4, -0.2) is 36.2 Å². The lowest BCUT2D eigenvalue weighted by atomic mass is 10.4. The van der Waals surface area contributed by atoms with Crippen LogP contribution in [0.4, 0.5) is 5.82 Å². The van der Waals surface area contributed by atoms with E-state index in [0.717, 1.165) is 6.20 Å². The van der Waals surface area contributed by atoms with Crippen molar-refractivity contribution in [2.45, 2.75) is 18.9 Å². The number of ether oxygens (including phenoxy) is 1. The molecule has 0 aliphatic carbocycles. The molecule has 0 saturated carbocycles. The van der Waals surface area contributed by atoms with Crippen LogP contribution in [0.15, 0.2) is 29.4 Å². The number of hydrogen-bond donors (Lipinski definition) is 2. The van der Waals surface area contributed by atoms with Gasteiger partial charge in [-0.3, -0.25) is 9.82 Å². The second-order valence-electron chi connectivity index (χ2n) is 4.10. The molecular weight excluding hydrogens is 296 g/mol. The fourth-order valence-corrected chi connectivity index (χ4v) is 2.71. The first-order valence-electron chi connectivity index (χ1n) is 6.11. The molecule has 21 heavy (non-hydrogen) atoms. The van der Waals surface area contributed by atoms with E-state index in [4.69, 9.17) is 4.74 Å². The van der Waals surface area contributed by atoms with Crippen molar-refractivity contribution in [1.82, 2.24) is 15.2 Å². The summed E-state index contributed by atoms with van der Waals surface area (Å²) < 4.78 is 31.6. The van der Waals surface area contributed by atoms with Gasteiger partial charge in [0.25, 0.3) is 10.0 Å². The Labute approximate surface area is 121 Å². The number of nitrogens with one attached hydrogen (secondary N) is 2. The molecule has 0 aliphatic rings. The average Bonchev–Trinajstić information content (AvgIpc) is 2.88. The maximum atomic E-state index is 12.3. The molecule has 0 atom stereocenters. The second-order valence-corrected chi connectivity index (χ2v) is 5.72. The molecule has 0 unspecified atom stereocenters. The minimum atomic E-state index is -4.01. The minimum Gasteiger partial charge on any atom is -0.462 e. The van der Waals surface area contributed by atoms with Crippen molar-refractivity contribution in [2.75, 3.05) is 11.3 Å². The van der Waals surface area contributed by atoms with Crippen molar-refractivity contribution in [1.29, 1.82) is 0 Å². The largest absolute Gasteiger partial charge is 0.462 e. The van der Waals surface area contributed by atoms with Gasteiger partial charge in [0.15, 0.2) is 5.03 Å². The first-order chi connectivity index (χ1) is 9.94. The van der Waals surface area contributed by atoms with Gasteiger partial charge in [0.1, 0.15) is 11.4 Å². The number of hydrogen-bond acceptors (Lipinski definition) is 6. The van der Waals surface area contributed by atoms with Crippen molar-refractivity contribution in [2.24, 2.45) is 0 Å². The lowest BCUT2D eigenvalue weighted by Crippen LogP contribution is -2.18. The van der Waals surface area contributed by atoms with E-state index in [1.165, 1.54) is 6.07 Å². The molecule has 2 aromatic rings. The molecule has 0 aromatic carbocycles. The number of nitrogens with zero attached hydrogens (tertiary/aromatic N) is 2. The number of esters is 1. The molecule has 0 fully saturated rings. The molecular formula is C12H14N4O4S. The van der Waals surface area contributed by atoms with Crippen molar-refractivity contribution >= 4 is 21.8 Å². The summed E-state index contributed by atoms with van der Waals surface area (Å²) in [5.41, 5.74) is 0.502. The summed E-state index contributed by atoms with van der Waals surface area (Å²) in [6.07, 6.45) is 1.11. The van der Waals surface area contributed by atoms with Crippen molar-refractivity contribution in [3.05, 3.63) is 35.7 Å². The molecule has 112 valence electrons. The summed E-state index contributed by atoms with van der Waals surface area (Å²) in [4.78, 5) is 15.7. The van der Waals surface area contributed by atoms with Gasteiger partial charge in [0.2, 0.25) is 0 Å². The number of anilines is 1. The lowest BCUT2D eigenvalue weighted by Gasteiger charge is -2.07. The number of rotatable bonds is 5. The van der Waals surface area contributed by atoms with Gasteiger partial charge in [0.05, 0.1) is 12.8 Å². The number of sulfonamides is 1. The molecule has 0 bridgehead atoms. The maximum absolute atomic E-state index is 12.3. The summed E-state index contributed by atoms with van der Waals surface area (Å²) in [7, 11) is -4.01. The van der Waals surface area contributed by atoms with Crippen molar-refractivity contribution < 1.29 is 17.9 Å². The zero-order chi connectivity index (χ0) is 15.5. The van der Waals surface area contributed by atoms with Gasteiger partial charge in [-0.05, 0) is 26.0 Å². The number of aromatic amines is 1. The standard InChI is InChI=1S/C12H14N4O4S/c1-3-20-12(17)9-7-13-15-11(9)21(18,19)16-10-6-4-5-8(2)14-10/h4-7H,3H2,1-2H3,(H,13,15)(H,14,16). The van der Waals surface area contributed by atoms with E-state index < -0.39 is 16.0 Å². The highest BCUT2D eigenvalue weighted by Gasteiger charge is 2.26. The summed E-state index contributed by atoms with van der Waals surface area (Å²) in [5, 5.41) is 5.52. The monoisotopic (exact) mass is 310 g/mol.